The van der Waals surface area contributed by atoms with Gasteiger partial charge in [-0.3, -0.25) is 0 Å². The number of aromatic carboxylic acids is 1. The first-order chi connectivity index (χ1) is 6.61. The van der Waals surface area contributed by atoms with E-state index in [-0.39, 0.29) is 11.1 Å². The minimum absolute atomic E-state index is 0.101. The Labute approximate surface area is 90.1 Å². The topological polar surface area (TPSA) is 61.1 Å². The molecule has 1 aromatic carbocycles. The molecule has 14 heavy (non-hydrogen) atoms. The molecule has 0 aromatic heterocycles. The lowest BCUT2D eigenvalue weighted by atomic mass is 10.00. The first-order valence-corrected chi connectivity index (χ1v) is 4.85. The highest BCUT2D eigenvalue weighted by molar-refractivity contribution is 9.10. The van der Waals surface area contributed by atoms with E-state index in [0.717, 1.165) is 4.47 Å². The number of carboxylic acids is 1. The highest BCUT2D eigenvalue weighted by Crippen LogP contribution is 2.24. The highest BCUT2D eigenvalue weighted by Gasteiger charge is 2.16. The van der Waals surface area contributed by atoms with Crippen LogP contribution in [0.2, 0.25) is 0 Å². The van der Waals surface area contributed by atoms with Gasteiger partial charge in [0.05, 0.1) is 11.1 Å². The van der Waals surface area contributed by atoms with Crippen LogP contribution < -0.4 is 0 Å². The van der Waals surface area contributed by atoms with Crippen molar-refractivity contribution in [1.82, 2.24) is 0 Å². The summed E-state index contributed by atoms with van der Waals surface area (Å²) in [6.07, 6.45) is 0.581. The summed E-state index contributed by atoms with van der Waals surface area (Å²) < 4.78 is 0.733. The molecule has 4 heteroatoms. The monoisotopic (exact) mass is 253 g/mol. The Bertz CT molecular complexity index is 421. The molecule has 0 saturated heterocycles. The Kier molecular flexibility index (Phi) is 3.26. The molecule has 0 aliphatic carbocycles. The Morgan fingerprint density at radius 3 is 2.71 bits per heavy atom. The normalized spacial score (nSPS) is 9.50. The van der Waals surface area contributed by atoms with Gasteiger partial charge in [-0.05, 0) is 24.1 Å². The van der Waals surface area contributed by atoms with E-state index < -0.39 is 5.97 Å². The molecule has 0 amide bonds. The Morgan fingerprint density at radius 1 is 1.64 bits per heavy atom. The third-order valence-electron chi connectivity index (χ3n) is 1.94. The number of nitriles is 1. The lowest BCUT2D eigenvalue weighted by molar-refractivity contribution is 0.0695. The number of rotatable bonds is 2. The molecule has 0 spiro atoms. The molecule has 0 heterocycles. The van der Waals surface area contributed by atoms with Gasteiger partial charge in [-0.1, -0.05) is 22.9 Å². The van der Waals surface area contributed by atoms with Gasteiger partial charge in [-0.2, -0.15) is 5.26 Å². The molecule has 0 atom stereocenters. The molecule has 1 aromatic rings. The van der Waals surface area contributed by atoms with Gasteiger partial charge < -0.3 is 5.11 Å². The summed E-state index contributed by atoms with van der Waals surface area (Å²) in [4.78, 5) is 10.9. The van der Waals surface area contributed by atoms with Gasteiger partial charge in [0.2, 0.25) is 0 Å². The fraction of sp³-hybridized carbons (Fsp3) is 0.200. The Morgan fingerprint density at radius 2 is 2.29 bits per heavy atom. The van der Waals surface area contributed by atoms with Crippen molar-refractivity contribution >= 4 is 21.9 Å². The molecular weight excluding hydrogens is 246 g/mol. The molecule has 0 aliphatic heterocycles. The third kappa shape index (κ3) is 1.78. The minimum Gasteiger partial charge on any atom is -0.478 e. The van der Waals surface area contributed by atoms with Crippen molar-refractivity contribution < 1.29 is 9.90 Å². The van der Waals surface area contributed by atoms with E-state index in [4.69, 9.17) is 10.4 Å². The minimum atomic E-state index is -1.06. The smallest absolute Gasteiger partial charge is 0.337 e. The van der Waals surface area contributed by atoms with E-state index in [1.54, 1.807) is 6.07 Å². The van der Waals surface area contributed by atoms with Crippen molar-refractivity contribution in [3.8, 4) is 6.07 Å². The highest BCUT2D eigenvalue weighted by atomic mass is 79.9. The number of hydrogen-bond donors (Lipinski definition) is 1. The molecular formula is C10H8BrNO2. The zero-order chi connectivity index (χ0) is 10.7. The van der Waals surface area contributed by atoms with E-state index in [2.05, 4.69) is 15.9 Å². The van der Waals surface area contributed by atoms with Gasteiger partial charge in [0.1, 0.15) is 6.07 Å². The Hall–Kier alpha value is -1.34. The fourth-order valence-electron chi connectivity index (χ4n) is 1.31. The lowest BCUT2D eigenvalue weighted by Gasteiger charge is -2.07. The number of carboxylic acid groups (broad SMARTS) is 1. The standard InChI is InChI=1S/C10H8BrNO2/c1-2-7-8(11)4-3-6(5-12)9(7)10(13)14/h3-4H,2H2,1H3,(H,13,14). The van der Waals surface area contributed by atoms with E-state index in [1.807, 2.05) is 13.0 Å². The molecule has 0 bridgehead atoms. The summed E-state index contributed by atoms with van der Waals surface area (Å²) in [6, 6.07) is 5.08. The third-order valence-corrected chi connectivity index (χ3v) is 2.69. The van der Waals surface area contributed by atoms with Crippen molar-refractivity contribution in [2.45, 2.75) is 13.3 Å². The summed E-state index contributed by atoms with van der Waals surface area (Å²) in [6.45, 7) is 1.85. The first-order valence-electron chi connectivity index (χ1n) is 4.06. The average molecular weight is 254 g/mol. The van der Waals surface area contributed by atoms with Crippen LogP contribution in [0.1, 0.15) is 28.4 Å². The van der Waals surface area contributed by atoms with E-state index in [1.165, 1.54) is 6.07 Å². The Balaban J connectivity index is 3.54. The maximum atomic E-state index is 10.9. The molecule has 72 valence electrons. The van der Waals surface area contributed by atoms with Crippen LogP contribution >= 0.6 is 15.9 Å². The van der Waals surface area contributed by atoms with Crippen LogP contribution in [0.5, 0.6) is 0 Å². The molecule has 1 N–H and O–H groups in total. The number of nitrogens with zero attached hydrogens (tertiary/aromatic N) is 1. The van der Waals surface area contributed by atoms with E-state index >= 15 is 0 Å². The predicted molar refractivity (Wildman–Crippen MR) is 55.2 cm³/mol. The van der Waals surface area contributed by atoms with Crippen LogP contribution in [0.3, 0.4) is 0 Å². The molecule has 0 aliphatic rings. The second kappa shape index (κ2) is 4.25. The summed E-state index contributed by atoms with van der Waals surface area (Å²) in [7, 11) is 0. The zero-order valence-corrected chi connectivity index (χ0v) is 9.13. The van der Waals surface area contributed by atoms with Crippen LogP contribution in [0.15, 0.2) is 16.6 Å². The molecule has 3 nitrogen and oxygen atoms in total. The second-order valence-electron chi connectivity index (χ2n) is 2.72. The van der Waals surface area contributed by atoms with Crippen LogP contribution in [0, 0.1) is 11.3 Å². The van der Waals surface area contributed by atoms with Gasteiger partial charge in [-0.25, -0.2) is 4.79 Å². The SMILES string of the molecule is CCc1c(Br)ccc(C#N)c1C(=O)O. The molecule has 0 saturated carbocycles. The average Bonchev–Trinajstić information content (AvgIpc) is 2.17. The number of benzene rings is 1. The van der Waals surface area contributed by atoms with Gasteiger partial charge in [0.25, 0.3) is 0 Å². The summed E-state index contributed by atoms with van der Waals surface area (Å²) in [5.74, 6) is -1.06. The maximum Gasteiger partial charge on any atom is 0.337 e. The maximum absolute atomic E-state index is 10.9. The van der Waals surface area contributed by atoms with Crippen LogP contribution in [0.25, 0.3) is 0 Å². The summed E-state index contributed by atoms with van der Waals surface area (Å²) in [5.41, 5.74) is 0.971. The van der Waals surface area contributed by atoms with Crippen molar-refractivity contribution in [2.24, 2.45) is 0 Å². The quantitative estimate of drug-likeness (QED) is 0.882. The van der Waals surface area contributed by atoms with Crippen molar-refractivity contribution in [2.75, 3.05) is 0 Å². The van der Waals surface area contributed by atoms with Crippen molar-refractivity contribution in [3.05, 3.63) is 33.3 Å². The zero-order valence-electron chi connectivity index (χ0n) is 7.54. The van der Waals surface area contributed by atoms with E-state index in [0.29, 0.717) is 12.0 Å². The first kappa shape index (κ1) is 10.7. The number of hydrogen-bond acceptors (Lipinski definition) is 2. The number of carbonyl (C=O) groups is 1. The largest absolute Gasteiger partial charge is 0.478 e. The van der Waals surface area contributed by atoms with Crippen molar-refractivity contribution in [1.29, 1.82) is 5.26 Å². The second-order valence-corrected chi connectivity index (χ2v) is 3.57. The molecule has 0 radical (unpaired) electrons. The lowest BCUT2D eigenvalue weighted by Crippen LogP contribution is -2.05. The van der Waals surface area contributed by atoms with Crippen LogP contribution in [-0.4, -0.2) is 11.1 Å². The van der Waals surface area contributed by atoms with Gasteiger partial charge >= 0.3 is 5.97 Å². The fourth-order valence-corrected chi connectivity index (χ4v) is 1.92. The molecule has 0 fully saturated rings. The van der Waals surface area contributed by atoms with Crippen LogP contribution in [-0.2, 0) is 6.42 Å². The van der Waals surface area contributed by atoms with Crippen molar-refractivity contribution in [3.63, 3.8) is 0 Å². The number of halogens is 1. The molecule has 0 unspecified atom stereocenters. The predicted octanol–water partition coefficient (Wildman–Crippen LogP) is 2.58. The van der Waals surface area contributed by atoms with Gasteiger partial charge in [-0.15, -0.1) is 0 Å². The van der Waals surface area contributed by atoms with Crippen LogP contribution in [0.4, 0.5) is 0 Å². The van der Waals surface area contributed by atoms with Gasteiger partial charge in [0.15, 0.2) is 0 Å². The van der Waals surface area contributed by atoms with Gasteiger partial charge in [0, 0.05) is 4.47 Å². The van der Waals surface area contributed by atoms with E-state index in [9.17, 15) is 4.79 Å². The molecule has 1 rings (SSSR count). The summed E-state index contributed by atoms with van der Waals surface area (Å²) in [5, 5.41) is 17.7. The summed E-state index contributed by atoms with van der Waals surface area (Å²) >= 11 is 3.27.